The average Bonchev–Trinajstić information content (AvgIpc) is 2.51. The van der Waals surface area contributed by atoms with Crippen LogP contribution in [0.3, 0.4) is 0 Å². The summed E-state index contributed by atoms with van der Waals surface area (Å²) in [5, 5.41) is 0.552. The van der Waals surface area contributed by atoms with E-state index in [0.717, 1.165) is 25.9 Å². The normalized spacial score (nSPS) is 18.6. The maximum absolute atomic E-state index is 12.5. The molecule has 6 heteroatoms. The van der Waals surface area contributed by atoms with Crippen LogP contribution in [-0.2, 0) is 11.3 Å². The molecule has 0 aliphatic carbocycles. The van der Waals surface area contributed by atoms with Crippen LogP contribution in [-0.4, -0.2) is 33.4 Å². The Kier molecular flexibility index (Phi) is 4.11. The van der Waals surface area contributed by atoms with Crippen molar-refractivity contribution in [1.82, 2.24) is 14.5 Å². The molecule has 1 fully saturated rings. The molecule has 1 aliphatic rings. The Morgan fingerprint density at radius 2 is 2.18 bits per heavy atom. The maximum Gasteiger partial charge on any atom is 0.262 e. The Balaban J connectivity index is 1.92. The molecule has 0 spiro atoms. The zero-order valence-electron chi connectivity index (χ0n) is 12.5. The van der Waals surface area contributed by atoms with E-state index in [4.69, 9.17) is 12.2 Å². The Morgan fingerprint density at radius 3 is 2.95 bits per heavy atom. The second-order valence-electron chi connectivity index (χ2n) is 5.95. The van der Waals surface area contributed by atoms with Crippen molar-refractivity contribution in [2.45, 2.75) is 26.3 Å². The van der Waals surface area contributed by atoms with E-state index in [2.05, 4.69) is 11.9 Å². The molecule has 2 heterocycles. The summed E-state index contributed by atoms with van der Waals surface area (Å²) in [6, 6.07) is 7.20. The van der Waals surface area contributed by atoms with Gasteiger partial charge in [-0.3, -0.25) is 14.2 Å². The van der Waals surface area contributed by atoms with Gasteiger partial charge in [0.05, 0.1) is 10.9 Å². The average molecular weight is 317 g/mol. The Bertz CT molecular complexity index is 824. The van der Waals surface area contributed by atoms with E-state index in [9.17, 15) is 9.59 Å². The van der Waals surface area contributed by atoms with Crippen LogP contribution in [0.4, 0.5) is 0 Å². The van der Waals surface area contributed by atoms with Gasteiger partial charge >= 0.3 is 0 Å². The van der Waals surface area contributed by atoms with Crippen molar-refractivity contribution < 1.29 is 4.79 Å². The molecular formula is C16H19N3O2S. The van der Waals surface area contributed by atoms with Crippen LogP contribution in [0, 0.1) is 10.7 Å². The number of nitrogens with one attached hydrogen (secondary N) is 1. The summed E-state index contributed by atoms with van der Waals surface area (Å²) in [5.74, 6) is 0.476. The molecule has 1 aliphatic heterocycles. The lowest BCUT2D eigenvalue weighted by Gasteiger charge is -2.31. The minimum Gasteiger partial charge on any atom is -0.341 e. The van der Waals surface area contributed by atoms with E-state index >= 15 is 0 Å². The van der Waals surface area contributed by atoms with E-state index in [0.29, 0.717) is 21.6 Å². The summed E-state index contributed by atoms with van der Waals surface area (Å²) in [5.41, 5.74) is 0.491. The van der Waals surface area contributed by atoms with Gasteiger partial charge in [0.25, 0.3) is 5.56 Å². The molecule has 1 unspecified atom stereocenters. The quantitative estimate of drug-likeness (QED) is 0.865. The van der Waals surface area contributed by atoms with Gasteiger partial charge in [0, 0.05) is 13.1 Å². The third-order valence-electron chi connectivity index (χ3n) is 4.19. The van der Waals surface area contributed by atoms with Crippen LogP contribution in [0.25, 0.3) is 10.9 Å². The number of piperidine rings is 1. The number of likely N-dealkylation sites (tertiary alicyclic amines) is 1. The van der Waals surface area contributed by atoms with Gasteiger partial charge in [-0.25, -0.2) is 0 Å². The monoisotopic (exact) mass is 317 g/mol. The highest BCUT2D eigenvalue weighted by molar-refractivity contribution is 7.71. The standard InChI is InChI=1S/C16H19N3O2S/c1-11-5-4-8-18(9-11)14(20)10-19-15(21)12-6-2-3-7-13(12)17-16(19)22/h2-3,6-7,11H,4-5,8-10H2,1H3,(H,17,22). The molecule has 3 rings (SSSR count). The van der Waals surface area contributed by atoms with Gasteiger partial charge in [0.15, 0.2) is 4.77 Å². The first-order chi connectivity index (χ1) is 10.6. The maximum atomic E-state index is 12.5. The third-order valence-corrected chi connectivity index (χ3v) is 4.51. The predicted octanol–water partition coefficient (Wildman–Crippen LogP) is 2.32. The van der Waals surface area contributed by atoms with E-state index in [-0.39, 0.29) is 18.0 Å². The zero-order chi connectivity index (χ0) is 15.7. The predicted molar refractivity (Wildman–Crippen MR) is 88.4 cm³/mol. The van der Waals surface area contributed by atoms with Gasteiger partial charge in [0.2, 0.25) is 5.91 Å². The molecule has 1 aromatic carbocycles. The second-order valence-corrected chi connectivity index (χ2v) is 6.34. The molecule has 5 nitrogen and oxygen atoms in total. The molecule has 2 aromatic rings. The number of carbonyl (C=O) groups is 1. The summed E-state index contributed by atoms with van der Waals surface area (Å²) >= 11 is 5.25. The fourth-order valence-electron chi connectivity index (χ4n) is 2.99. The number of rotatable bonds is 2. The number of amides is 1. The van der Waals surface area contributed by atoms with Gasteiger partial charge in [-0.05, 0) is 43.1 Å². The summed E-state index contributed by atoms with van der Waals surface area (Å²) in [6.07, 6.45) is 2.17. The highest BCUT2D eigenvalue weighted by atomic mass is 32.1. The number of fused-ring (bicyclic) bond motifs is 1. The second kappa shape index (κ2) is 6.04. The minimum atomic E-state index is -0.210. The summed E-state index contributed by atoms with van der Waals surface area (Å²) in [6.45, 7) is 3.68. The van der Waals surface area contributed by atoms with Crippen molar-refractivity contribution in [3.05, 3.63) is 39.4 Å². The SMILES string of the molecule is CC1CCCN(C(=O)Cn2c(=S)[nH]c3ccccc3c2=O)C1. The summed E-state index contributed by atoms with van der Waals surface area (Å²) in [4.78, 5) is 29.9. The van der Waals surface area contributed by atoms with Crippen molar-refractivity contribution in [3.63, 3.8) is 0 Å². The van der Waals surface area contributed by atoms with Crippen LogP contribution in [0.2, 0.25) is 0 Å². The lowest BCUT2D eigenvalue weighted by atomic mass is 10.0. The number of hydrogen-bond donors (Lipinski definition) is 1. The van der Waals surface area contributed by atoms with Gasteiger partial charge < -0.3 is 9.88 Å². The number of benzene rings is 1. The van der Waals surface area contributed by atoms with Gasteiger partial charge in [-0.15, -0.1) is 0 Å². The fraction of sp³-hybridized carbons (Fsp3) is 0.438. The molecule has 1 atom stereocenters. The van der Waals surface area contributed by atoms with E-state index in [1.807, 2.05) is 17.0 Å². The van der Waals surface area contributed by atoms with Crippen molar-refractivity contribution in [3.8, 4) is 0 Å². The zero-order valence-corrected chi connectivity index (χ0v) is 13.4. The lowest BCUT2D eigenvalue weighted by molar-refractivity contribution is -0.133. The van der Waals surface area contributed by atoms with E-state index in [1.165, 1.54) is 4.57 Å². The van der Waals surface area contributed by atoms with Crippen LogP contribution in [0.15, 0.2) is 29.1 Å². The molecule has 0 saturated carbocycles. The first-order valence-electron chi connectivity index (χ1n) is 7.56. The molecule has 1 N–H and O–H groups in total. The first kappa shape index (κ1) is 15.0. The number of hydrogen-bond acceptors (Lipinski definition) is 3. The summed E-state index contributed by atoms with van der Waals surface area (Å²) in [7, 11) is 0. The Morgan fingerprint density at radius 1 is 1.41 bits per heavy atom. The fourth-order valence-corrected chi connectivity index (χ4v) is 3.25. The molecule has 1 amide bonds. The smallest absolute Gasteiger partial charge is 0.262 e. The van der Waals surface area contributed by atoms with E-state index in [1.54, 1.807) is 12.1 Å². The molecule has 1 saturated heterocycles. The van der Waals surface area contributed by atoms with Crippen LogP contribution >= 0.6 is 12.2 Å². The van der Waals surface area contributed by atoms with Crippen molar-refractivity contribution in [2.75, 3.05) is 13.1 Å². The van der Waals surface area contributed by atoms with Crippen LogP contribution < -0.4 is 5.56 Å². The van der Waals surface area contributed by atoms with Gasteiger partial charge in [-0.1, -0.05) is 19.1 Å². The summed E-state index contributed by atoms with van der Waals surface area (Å²) < 4.78 is 1.65. The lowest BCUT2D eigenvalue weighted by Crippen LogP contribution is -2.42. The number of nitrogens with zero attached hydrogens (tertiary/aromatic N) is 2. The van der Waals surface area contributed by atoms with Crippen LogP contribution in [0.5, 0.6) is 0 Å². The largest absolute Gasteiger partial charge is 0.341 e. The van der Waals surface area contributed by atoms with Gasteiger partial charge in [-0.2, -0.15) is 0 Å². The highest BCUT2D eigenvalue weighted by Gasteiger charge is 2.21. The molecular weight excluding hydrogens is 298 g/mol. The highest BCUT2D eigenvalue weighted by Crippen LogP contribution is 2.15. The third kappa shape index (κ3) is 2.83. The van der Waals surface area contributed by atoms with Gasteiger partial charge in [0.1, 0.15) is 6.54 Å². The molecule has 0 radical (unpaired) electrons. The number of carbonyl (C=O) groups excluding carboxylic acids is 1. The molecule has 116 valence electrons. The first-order valence-corrected chi connectivity index (χ1v) is 7.96. The van der Waals surface area contributed by atoms with Crippen LogP contribution in [0.1, 0.15) is 19.8 Å². The number of aromatic nitrogens is 2. The molecule has 1 aromatic heterocycles. The topological polar surface area (TPSA) is 58.1 Å². The number of H-pyrrole nitrogens is 1. The number of para-hydroxylation sites is 1. The van der Waals surface area contributed by atoms with Crippen molar-refractivity contribution >= 4 is 29.0 Å². The van der Waals surface area contributed by atoms with Crippen molar-refractivity contribution in [1.29, 1.82) is 0 Å². The van der Waals surface area contributed by atoms with E-state index < -0.39 is 0 Å². The number of aromatic amines is 1. The Labute approximate surface area is 133 Å². The molecule has 22 heavy (non-hydrogen) atoms. The Hall–Kier alpha value is -1.95. The molecule has 0 bridgehead atoms. The minimum absolute atomic E-state index is 0.00568. The van der Waals surface area contributed by atoms with Crippen molar-refractivity contribution in [2.24, 2.45) is 5.92 Å².